The third kappa shape index (κ3) is 4.83. The van der Waals surface area contributed by atoms with Gasteiger partial charge in [-0.2, -0.15) is 0 Å². The summed E-state index contributed by atoms with van der Waals surface area (Å²) < 4.78 is 6.90. The average Bonchev–Trinajstić information content (AvgIpc) is 2.56. The average molecular weight is 391 g/mol. The van der Waals surface area contributed by atoms with E-state index >= 15 is 0 Å². The number of piperidine rings is 1. The number of β-amino-alcohol motifs (C(OH)–C–C–N with tert-alkyl or cyclic N) is 1. The molecule has 0 saturated carbocycles. The summed E-state index contributed by atoms with van der Waals surface area (Å²) in [6.07, 6.45) is 1.90. The fraction of sp³-hybridized carbons (Fsp3) is 0.500. The molecule has 1 saturated heterocycles. The number of aromatic nitrogens is 2. The number of halogens is 2. The minimum Gasteiger partial charge on any atom is -0.495 e. The Balaban J connectivity index is 0.00000156. The molecule has 3 N–H and O–H groups in total. The van der Waals surface area contributed by atoms with Crippen molar-refractivity contribution >= 4 is 35.8 Å². The summed E-state index contributed by atoms with van der Waals surface area (Å²) in [6, 6.07) is 4.92. The second-order valence-electron chi connectivity index (χ2n) is 5.92. The minimum atomic E-state index is -0.505. The highest BCUT2D eigenvalue weighted by Crippen LogP contribution is 2.17. The van der Waals surface area contributed by atoms with Crippen LogP contribution in [0.1, 0.15) is 6.42 Å². The molecule has 3 rings (SSSR count). The Morgan fingerprint density at radius 1 is 1.36 bits per heavy atom. The topological polar surface area (TPSA) is 93.6 Å². The first-order chi connectivity index (χ1) is 11.1. The maximum absolute atomic E-state index is 12.2. The first-order valence-electron chi connectivity index (χ1n) is 7.78. The molecule has 0 unspecified atom stereocenters. The highest BCUT2D eigenvalue weighted by Gasteiger charge is 2.24. The van der Waals surface area contributed by atoms with E-state index in [4.69, 9.17) is 10.5 Å². The van der Waals surface area contributed by atoms with Gasteiger partial charge in [0.1, 0.15) is 5.75 Å². The van der Waals surface area contributed by atoms with Crippen LogP contribution < -0.4 is 16.0 Å². The predicted molar refractivity (Wildman–Crippen MR) is 102 cm³/mol. The lowest BCUT2D eigenvalue weighted by molar-refractivity contribution is 0.0520. The molecule has 1 fully saturated rings. The van der Waals surface area contributed by atoms with Crippen LogP contribution in [0.2, 0.25) is 0 Å². The van der Waals surface area contributed by atoms with Crippen LogP contribution in [0.5, 0.6) is 5.75 Å². The Morgan fingerprint density at radius 3 is 2.80 bits per heavy atom. The van der Waals surface area contributed by atoms with E-state index < -0.39 is 6.10 Å². The number of methoxy groups -OCH3 is 1. The first kappa shape index (κ1) is 21.7. The van der Waals surface area contributed by atoms with Gasteiger partial charge in [0, 0.05) is 37.8 Å². The second kappa shape index (κ2) is 9.35. The van der Waals surface area contributed by atoms with Crippen molar-refractivity contribution in [3.05, 3.63) is 34.7 Å². The summed E-state index contributed by atoms with van der Waals surface area (Å²) in [7, 11) is 1.58. The highest BCUT2D eigenvalue weighted by atomic mass is 35.5. The van der Waals surface area contributed by atoms with E-state index in [1.807, 2.05) is 6.07 Å². The highest BCUT2D eigenvalue weighted by molar-refractivity contribution is 5.85. The van der Waals surface area contributed by atoms with Crippen LogP contribution in [0.25, 0.3) is 11.0 Å². The van der Waals surface area contributed by atoms with Crippen molar-refractivity contribution in [2.45, 2.75) is 25.1 Å². The first-order valence-corrected chi connectivity index (χ1v) is 7.78. The number of likely N-dealkylation sites (tertiary alicyclic amines) is 1. The smallest absolute Gasteiger partial charge is 0.251 e. The fourth-order valence-electron chi connectivity index (χ4n) is 2.95. The van der Waals surface area contributed by atoms with Gasteiger partial charge in [-0.1, -0.05) is 0 Å². The van der Waals surface area contributed by atoms with Crippen LogP contribution in [0.4, 0.5) is 0 Å². The monoisotopic (exact) mass is 390 g/mol. The van der Waals surface area contributed by atoms with E-state index in [-0.39, 0.29) is 36.4 Å². The number of pyridine rings is 2. The number of rotatable bonds is 4. The SMILES string of the molecule is COc1cnc2ccc(=O)n(CCN3CC[C@H](N)[C@H](O)C3)c2c1.Cl.Cl. The molecule has 0 aliphatic carbocycles. The summed E-state index contributed by atoms with van der Waals surface area (Å²) >= 11 is 0. The molecule has 25 heavy (non-hydrogen) atoms. The van der Waals surface area contributed by atoms with Crippen LogP contribution in [0, 0.1) is 0 Å². The summed E-state index contributed by atoms with van der Waals surface area (Å²) in [6.45, 7) is 2.59. The molecule has 2 aromatic heterocycles. The molecule has 9 heteroatoms. The number of aliphatic hydroxyl groups is 1. The third-order valence-electron chi connectivity index (χ3n) is 4.41. The quantitative estimate of drug-likeness (QED) is 0.795. The van der Waals surface area contributed by atoms with E-state index in [1.54, 1.807) is 23.9 Å². The van der Waals surface area contributed by atoms with E-state index in [1.165, 1.54) is 6.07 Å². The third-order valence-corrected chi connectivity index (χ3v) is 4.41. The number of aliphatic hydroxyl groups excluding tert-OH is 1. The largest absolute Gasteiger partial charge is 0.495 e. The van der Waals surface area contributed by atoms with Gasteiger partial charge in [0.25, 0.3) is 5.56 Å². The predicted octanol–water partition coefficient (Wildman–Crippen LogP) is 0.643. The van der Waals surface area contributed by atoms with Crippen LogP contribution in [0.3, 0.4) is 0 Å². The number of hydrogen-bond acceptors (Lipinski definition) is 6. The summed E-state index contributed by atoms with van der Waals surface area (Å²) in [5.74, 6) is 0.621. The maximum atomic E-state index is 12.2. The molecule has 140 valence electrons. The maximum Gasteiger partial charge on any atom is 0.251 e. The summed E-state index contributed by atoms with van der Waals surface area (Å²) in [4.78, 5) is 18.7. The number of ether oxygens (including phenoxy) is 1. The molecule has 0 spiro atoms. The van der Waals surface area contributed by atoms with Gasteiger partial charge in [0.2, 0.25) is 0 Å². The molecule has 2 aromatic rings. The fourth-order valence-corrected chi connectivity index (χ4v) is 2.95. The van der Waals surface area contributed by atoms with Gasteiger partial charge >= 0.3 is 0 Å². The van der Waals surface area contributed by atoms with Gasteiger partial charge < -0.3 is 20.1 Å². The van der Waals surface area contributed by atoms with Crippen molar-refractivity contribution in [1.82, 2.24) is 14.5 Å². The van der Waals surface area contributed by atoms with Crippen LogP contribution >= 0.6 is 24.8 Å². The molecular formula is C16H24Cl2N4O3. The van der Waals surface area contributed by atoms with Crippen molar-refractivity contribution in [1.29, 1.82) is 0 Å². The Labute approximate surface area is 158 Å². The Kier molecular flexibility index (Phi) is 8.11. The second-order valence-corrected chi connectivity index (χ2v) is 5.92. The molecule has 2 atom stereocenters. The molecule has 3 heterocycles. The molecule has 1 aliphatic heterocycles. The molecule has 0 bridgehead atoms. The van der Waals surface area contributed by atoms with Gasteiger partial charge in [-0.3, -0.25) is 14.7 Å². The van der Waals surface area contributed by atoms with E-state index in [0.29, 0.717) is 25.4 Å². The van der Waals surface area contributed by atoms with Crippen LogP contribution in [-0.4, -0.2) is 58.4 Å². The lowest BCUT2D eigenvalue weighted by Gasteiger charge is -2.34. The van der Waals surface area contributed by atoms with Crippen molar-refractivity contribution in [3.8, 4) is 5.75 Å². The number of nitrogens with zero attached hydrogens (tertiary/aromatic N) is 3. The van der Waals surface area contributed by atoms with Gasteiger partial charge in [0.15, 0.2) is 0 Å². The van der Waals surface area contributed by atoms with Crippen LogP contribution in [0.15, 0.2) is 29.2 Å². The molecule has 0 aromatic carbocycles. The van der Waals surface area contributed by atoms with Crippen molar-refractivity contribution in [3.63, 3.8) is 0 Å². The normalized spacial score (nSPS) is 20.6. The standard InChI is InChI=1S/C16H22N4O3.2ClH/c1-23-11-8-14-13(18-9-11)2-3-16(22)20(14)7-6-19-5-4-12(17)15(21)10-19;;/h2-3,8-9,12,15,21H,4-7,10,17H2,1H3;2*1H/t12-,15+;;/m0../s1. The lowest BCUT2D eigenvalue weighted by atomic mass is 10.0. The van der Waals surface area contributed by atoms with Crippen molar-refractivity contribution in [2.75, 3.05) is 26.7 Å². The van der Waals surface area contributed by atoms with Crippen LogP contribution in [-0.2, 0) is 6.54 Å². The van der Waals surface area contributed by atoms with Gasteiger partial charge in [-0.05, 0) is 19.0 Å². The van der Waals surface area contributed by atoms with E-state index in [0.717, 1.165) is 24.0 Å². The van der Waals surface area contributed by atoms with Gasteiger partial charge in [-0.25, -0.2) is 0 Å². The van der Waals surface area contributed by atoms with E-state index in [9.17, 15) is 9.90 Å². The van der Waals surface area contributed by atoms with Gasteiger partial charge in [-0.15, -0.1) is 24.8 Å². The zero-order chi connectivity index (χ0) is 16.4. The van der Waals surface area contributed by atoms with Crippen molar-refractivity contribution < 1.29 is 9.84 Å². The summed E-state index contributed by atoms with van der Waals surface area (Å²) in [5, 5.41) is 9.88. The Hall–Kier alpha value is -1.38. The van der Waals surface area contributed by atoms with Crippen molar-refractivity contribution in [2.24, 2.45) is 5.73 Å². The molecular weight excluding hydrogens is 367 g/mol. The zero-order valence-corrected chi connectivity index (χ0v) is 15.6. The zero-order valence-electron chi connectivity index (χ0n) is 14.0. The number of nitrogens with two attached hydrogens (primary N) is 1. The van der Waals surface area contributed by atoms with Gasteiger partial charge in [0.05, 0.1) is 30.4 Å². The summed E-state index contributed by atoms with van der Waals surface area (Å²) in [5.41, 5.74) is 7.27. The minimum absolute atomic E-state index is 0. The molecule has 0 amide bonds. The Morgan fingerprint density at radius 2 is 2.12 bits per heavy atom. The van der Waals surface area contributed by atoms with E-state index in [2.05, 4.69) is 9.88 Å². The molecule has 7 nitrogen and oxygen atoms in total. The number of hydrogen-bond donors (Lipinski definition) is 2. The Bertz CT molecular complexity index is 756. The molecule has 1 aliphatic rings. The lowest BCUT2D eigenvalue weighted by Crippen LogP contribution is -2.51. The molecule has 0 radical (unpaired) electrons. The number of fused-ring (bicyclic) bond motifs is 1.